The molecule has 1 fully saturated rings. The van der Waals surface area contributed by atoms with Crippen LogP contribution in [-0.2, 0) is 19.1 Å². The van der Waals surface area contributed by atoms with E-state index < -0.39 is 58.1 Å². The van der Waals surface area contributed by atoms with Gasteiger partial charge in [-0.3, -0.25) is 24.5 Å². The second kappa shape index (κ2) is 9.48. The number of carbonyl (C=O) groups excluding carboxylic acids is 3. The molecule has 1 unspecified atom stereocenters. The first-order valence-electron chi connectivity index (χ1n) is 10.7. The minimum Gasteiger partial charge on any atom is -0.461 e. The first-order valence-corrected chi connectivity index (χ1v) is 10.7. The highest BCUT2D eigenvalue weighted by atomic mass is 16.7. The Labute approximate surface area is 204 Å². The first kappa shape index (κ1) is 27.0. The highest BCUT2D eigenvalue weighted by Crippen LogP contribution is 2.44. The third kappa shape index (κ3) is 4.08. The Morgan fingerprint density at radius 1 is 0.944 bits per heavy atom. The van der Waals surface area contributed by atoms with E-state index >= 15 is 0 Å². The number of Topliss-reactive ketones (excluding diaryl/α,β-unsaturated/α-hetero) is 3. The summed E-state index contributed by atoms with van der Waals surface area (Å²) in [5.41, 5.74) is -8.74. The summed E-state index contributed by atoms with van der Waals surface area (Å²) < 4.78 is 10.8. The maximum Gasteiger partial charge on any atom is 0.269 e. The van der Waals surface area contributed by atoms with E-state index in [4.69, 9.17) is 9.47 Å². The third-order valence-corrected chi connectivity index (χ3v) is 6.42. The molecule has 1 aliphatic heterocycles. The molecule has 1 heterocycles. The standard InChI is InChI=1S/C24H25NO11/c1-13(26)22(30)12-35-21(23(31,14(2)27)24(22,32)15(3)28)36-19-10-6-17(7-11-19)20(29)16-4-8-18(9-5-16)25(33)34/h4-11,20-21,29-32H,12H2,1-3H3/t20?,21-,22+,23+,24+/m1/s1. The molecule has 1 saturated heterocycles. The van der Waals surface area contributed by atoms with Crippen molar-refractivity contribution >= 4 is 23.0 Å². The molecule has 0 spiro atoms. The highest BCUT2D eigenvalue weighted by molar-refractivity contribution is 6.04. The van der Waals surface area contributed by atoms with Crippen molar-refractivity contribution < 1.29 is 49.2 Å². The molecule has 0 aromatic heterocycles. The third-order valence-electron chi connectivity index (χ3n) is 6.42. The van der Waals surface area contributed by atoms with Crippen molar-refractivity contribution in [3.8, 4) is 5.75 Å². The summed E-state index contributed by atoms with van der Waals surface area (Å²) in [7, 11) is 0. The zero-order valence-corrected chi connectivity index (χ0v) is 19.6. The fourth-order valence-electron chi connectivity index (χ4n) is 4.19. The molecule has 4 N–H and O–H groups in total. The van der Waals surface area contributed by atoms with Gasteiger partial charge < -0.3 is 29.9 Å². The molecular formula is C24H25NO11. The summed E-state index contributed by atoms with van der Waals surface area (Å²) in [6.45, 7) is 1.56. The maximum absolute atomic E-state index is 12.5. The Kier molecular flexibility index (Phi) is 7.12. The summed E-state index contributed by atoms with van der Waals surface area (Å²) in [6, 6.07) is 10.8. The molecular weight excluding hydrogens is 478 g/mol. The summed E-state index contributed by atoms with van der Waals surface area (Å²) in [4.78, 5) is 47.3. The monoisotopic (exact) mass is 503 g/mol. The number of ketones is 3. The number of rotatable bonds is 8. The topological polar surface area (TPSA) is 194 Å². The van der Waals surface area contributed by atoms with Gasteiger partial charge in [0.25, 0.3) is 5.69 Å². The van der Waals surface area contributed by atoms with E-state index in [1.165, 1.54) is 48.5 Å². The van der Waals surface area contributed by atoms with Crippen molar-refractivity contribution in [2.24, 2.45) is 0 Å². The number of hydrogen-bond donors (Lipinski definition) is 4. The van der Waals surface area contributed by atoms with Crippen molar-refractivity contribution in [3.63, 3.8) is 0 Å². The van der Waals surface area contributed by atoms with Crippen LogP contribution in [-0.4, -0.2) is 72.4 Å². The van der Waals surface area contributed by atoms with Gasteiger partial charge in [0.05, 0.1) is 11.5 Å². The zero-order chi connectivity index (χ0) is 27.1. The van der Waals surface area contributed by atoms with Crippen LogP contribution in [0.25, 0.3) is 0 Å². The van der Waals surface area contributed by atoms with Gasteiger partial charge in [0, 0.05) is 12.1 Å². The molecule has 2 aromatic carbocycles. The van der Waals surface area contributed by atoms with E-state index in [9.17, 15) is 44.9 Å². The molecule has 5 atom stereocenters. The quantitative estimate of drug-likeness (QED) is 0.287. The van der Waals surface area contributed by atoms with Crippen molar-refractivity contribution in [2.45, 2.75) is 50.0 Å². The van der Waals surface area contributed by atoms with Crippen LogP contribution in [0.1, 0.15) is 38.0 Å². The van der Waals surface area contributed by atoms with Crippen molar-refractivity contribution in [1.29, 1.82) is 0 Å². The summed E-state index contributed by atoms with van der Waals surface area (Å²) in [5.74, 6) is -3.58. The lowest BCUT2D eigenvalue weighted by atomic mass is 9.63. The summed E-state index contributed by atoms with van der Waals surface area (Å²) >= 11 is 0. The lowest BCUT2D eigenvalue weighted by Gasteiger charge is -2.54. The predicted molar refractivity (Wildman–Crippen MR) is 121 cm³/mol. The average Bonchev–Trinajstić information content (AvgIpc) is 2.84. The fraction of sp³-hybridized carbons (Fsp3) is 0.375. The van der Waals surface area contributed by atoms with Gasteiger partial charge in [-0.05, 0) is 56.2 Å². The molecule has 0 bridgehead atoms. The number of non-ortho nitro benzene ring substituents is 1. The lowest BCUT2D eigenvalue weighted by Crippen LogP contribution is -2.84. The molecule has 0 aliphatic carbocycles. The smallest absolute Gasteiger partial charge is 0.269 e. The number of ether oxygens (including phenoxy) is 2. The van der Waals surface area contributed by atoms with Gasteiger partial charge in [-0.25, -0.2) is 0 Å². The average molecular weight is 503 g/mol. The predicted octanol–water partition coefficient (Wildman–Crippen LogP) is 0.372. The van der Waals surface area contributed by atoms with Crippen LogP contribution < -0.4 is 4.74 Å². The molecule has 192 valence electrons. The van der Waals surface area contributed by atoms with Crippen LogP contribution >= 0.6 is 0 Å². The molecule has 3 rings (SSSR count). The second-order valence-electron chi connectivity index (χ2n) is 8.59. The maximum atomic E-state index is 12.5. The van der Waals surface area contributed by atoms with Crippen LogP contribution in [0, 0.1) is 10.1 Å². The Balaban J connectivity index is 1.90. The summed E-state index contributed by atoms with van der Waals surface area (Å²) in [5, 5.41) is 54.5. The van der Waals surface area contributed by atoms with Gasteiger partial charge in [0.2, 0.25) is 17.5 Å². The number of benzene rings is 2. The van der Waals surface area contributed by atoms with E-state index in [1.54, 1.807) is 0 Å². The van der Waals surface area contributed by atoms with Crippen LogP contribution in [0.15, 0.2) is 48.5 Å². The van der Waals surface area contributed by atoms with Gasteiger partial charge in [-0.1, -0.05) is 12.1 Å². The minimum absolute atomic E-state index is 0.0153. The van der Waals surface area contributed by atoms with E-state index in [1.807, 2.05) is 0 Å². The zero-order valence-electron chi connectivity index (χ0n) is 19.6. The largest absolute Gasteiger partial charge is 0.461 e. The van der Waals surface area contributed by atoms with Crippen molar-refractivity contribution in [2.75, 3.05) is 6.61 Å². The number of aliphatic hydroxyl groups excluding tert-OH is 1. The van der Waals surface area contributed by atoms with Gasteiger partial charge in [-0.15, -0.1) is 0 Å². The van der Waals surface area contributed by atoms with Gasteiger partial charge in [0.1, 0.15) is 11.9 Å². The Morgan fingerprint density at radius 2 is 1.44 bits per heavy atom. The molecule has 36 heavy (non-hydrogen) atoms. The van der Waals surface area contributed by atoms with Gasteiger partial charge >= 0.3 is 0 Å². The fourth-order valence-corrected chi connectivity index (χ4v) is 4.19. The second-order valence-corrected chi connectivity index (χ2v) is 8.59. The van der Waals surface area contributed by atoms with Crippen molar-refractivity contribution in [1.82, 2.24) is 0 Å². The number of carbonyl (C=O) groups is 3. The molecule has 12 nitrogen and oxygen atoms in total. The molecule has 0 radical (unpaired) electrons. The molecule has 0 amide bonds. The number of nitro benzene ring substituents is 1. The van der Waals surface area contributed by atoms with Crippen molar-refractivity contribution in [3.05, 3.63) is 69.8 Å². The highest BCUT2D eigenvalue weighted by Gasteiger charge is 2.76. The summed E-state index contributed by atoms with van der Waals surface area (Å²) in [6.07, 6.45) is -3.14. The van der Waals surface area contributed by atoms with Gasteiger partial charge in [0.15, 0.2) is 23.0 Å². The Bertz CT molecular complexity index is 1200. The first-order chi connectivity index (χ1) is 16.7. The van der Waals surface area contributed by atoms with E-state index in [-0.39, 0.29) is 11.4 Å². The van der Waals surface area contributed by atoms with Gasteiger partial charge in [-0.2, -0.15) is 0 Å². The van der Waals surface area contributed by atoms with Crippen LogP contribution in [0.5, 0.6) is 5.75 Å². The minimum atomic E-state index is -3.27. The van der Waals surface area contributed by atoms with Crippen LogP contribution in [0.2, 0.25) is 0 Å². The van der Waals surface area contributed by atoms with Crippen LogP contribution in [0.4, 0.5) is 5.69 Å². The number of nitro groups is 1. The van der Waals surface area contributed by atoms with E-state index in [0.29, 0.717) is 11.1 Å². The number of nitrogens with zero attached hydrogens (tertiary/aromatic N) is 1. The number of hydrogen-bond acceptors (Lipinski definition) is 11. The number of aliphatic hydroxyl groups is 4. The molecule has 0 saturated carbocycles. The normalized spacial score (nSPS) is 28.7. The SMILES string of the molecule is CC(=O)[C@]1(O)[C@@](O)(C(C)=O)CO[C@H](Oc2ccc(C(O)c3ccc([N+](=O)[O-])cc3)cc2)[C@@]1(O)C(C)=O. The molecule has 1 aliphatic rings. The Hall–Kier alpha value is -3.55. The van der Waals surface area contributed by atoms with Crippen LogP contribution in [0.3, 0.4) is 0 Å². The molecule has 12 heteroatoms. The lowest BCUT2D eigenvalue weighted by molar-refractivity contribution is -0.384. The van der Waals surface area contributed by atoms with E-state index in [2.05, 4.69) is 0 Å². The Morgan fingerprint density at radius 3 is 1.86 bits per heavy atom. The van der Waals surface area contributed by atoms with E-state index in [0.717, 1.165) is 20.8 Å². The molecule has 2 aromatic rings.